The van der Waals surface area contributed by atoms with Gasteiger partial charge in [-0.25, -0.2) is 9.78 Å². The van der Waals surface area contributed by atoms with Crippen LogP contribution in [0.15, 0.2) is 33.9 Å². The predicted molar refractivity (Wildman–Crippen MR) is 117 cm³/mol. The number of fused-ring (bicyclic) bond motifs is 1. The summed E-state index contributed by atoms with van der Waals surface area (Å²) < 4.78 is 9.92. The van der Waals surface area contributed by atoms with Gasteiger partial charge in [-0.3, -0.25) is 13.9 Å². The van der Waals surface area contributed by atoms with Crippen molar-refractivity contribution in [3.8, 4) is 0 Å². The monoisotopic (exact) mass is 430 g/mol. The highest BCUT2D eigenvalue weighted by Gasteiger charge is 2.27. The summed E-state index contributed by atoms with van der Waals surface area (Å²) in [6.45, 7) is 1.33. The van der Waals surface area contributed by atoms with Gasteiger partial charge in [0.15, 0.2) is 11.2 Å². The van der Waals surface area contributed by atoms with E-state index in [1.165, 1.54) is 9.13 Å². The maximum atomic E-state index is 13.4. The van der Waals surface area contributed by atoms with Gasteiger partial charge < -0.3 is 9.30 Å². The van der Waals surface area contributed by atoms with E-state index in [0.29, 0.717) is 48.2 Å². The molecule has 3 aromatic rings. The molecule has 0 unspecified atom stereocenters. The number of halogens is 1. The lowest BCUT2D eigenvalue weighted by molar-refractivity contribution is 0.189. The molecule has 0 radical (unpaired) electrons. The van der Waals surface area contributed by atoms with Crippen molar-refractivity contribution in [2.75, 3.05) is 13.7 Å². The molecule has 0 atom stereocenters. The topological polar surface area (TPSA) is 71.1 Å². The van der Waals surface area contributed by atoms with E-state index in [4.69, 9.17) is 21.3 Å². The van der Waals surface area contributed by atoms with Crippen LogP contribution >= 0.6 is 11.6 Å². The zero-order valence-electron chi connectivity index (χ0n) is 17.4. The molecule has 1 aromatic carbocycles. The summed E-state index contributed by atoms with van der Waals surface area (Å²) in [5, 5.41) is 0.674. The minimum atomic E-state index is -0.335. The van der Waals surface area contributed by atoms with Crippen LogP contribution in [-0.4, -0.2) is 32.4 Å². The molecule has 4 rings (SSSR count). The number of benzene rings is 1. The highest BCUT2D eigenvalue weighted by molar-refractivity contribution is 6.30. The summed E-state index contributed by atoms with van der Waals surface area (Å²) in [5.74, 6) is 1.21. The molecule has 30 heavy (non-hydrogen) atoms. The van der Waals surface area contributed by atoms with Crippen LogP contribution in [0.3, 0.4) is 0 Å². The van der Waals surface area contributed by atoms with E-state index in [1.54, 1.807) is 14.2 Å². The van der Waals surface area contributed by atoms with Crippen molar-refractivity contribution in [2.45, 2.75) is 51.1 Å². The fourth-order valence-electron chi connectivity index (χ4n) is 4.38. The molecule has 1 fully saturated rings. The molecule has 8 heteroatoms. The minimum Gasteiger partial charge on any atom is -0.385 e. The van der Waals surface area contributed by atoms with Gasteiger partial charge in [-0.1, -0.05) is 36.6 Å². The third kappa shape index (κ3) is 3.84. The van der Waals surface area contributed by atoms with Gasteiger partial charge in [0.25, 0.3) is 5.56 Å². The van der Waals surface area contributed by atoms with Crippen LogP contribution in [0.5, 0.6) is 0 Å². The third-order valence-electron chi connectivity index (χ3n) is 5.97. The third-order valence-corrected chi connectivity index (χ3v) is 6.22. The second-order valence-corrected chi connectivity index (χ2v) is 8.42. The molecule has 0 aliphatic heterocycles. The lowest BCUT2D eigenvalue weighted by atomic mass is 10.1. The SMILES string of the molecule is COCCCn1c(=O)c2c(nc(C3CCCC3)n2Cc2ccc(Cl)cc2)n(C)c1=O. The maximum absolute atomic E-state index is 13.4. The molecule has 2 heterocycles. The van der Waals surface area contributed by atoms with Gasteiger partial charge in [-0.2, -0.15) is 0 Å². The number of aryl methyl sites for hydroxylation is 1. The normalized spacial score (nSPS) is 14.8. The quantitative estimate of drug-likeness (QED) is 0.539. The van der Waals surface area contributed by atoms with Gasteiger partial charge in [0, 0.05) is 44.8 Å². The van der Waals surface area contributed by atoms with Gasteiger partial charge >= 0.3 is 5.69 Å². The first kappa shape index (κ1) is 20.9. The van der Waals surface area contributed by atoms with Crippen LogP contribution in [0.25, 0.3) is 11.2 Å². The van der Waals surface area contributed by atoms with Gasteiger partial charge in [-0.15, -0.1) is 0 Å². The van der Waals surface area contributed by atoms with Crippen molar-refractivity contribution in [1.29, 1.82) is 0 Å². The summed E-state index contributed by atoms with van der Waals surface area (Å²) in [6, 6.07) is 7.63. The van der Waals surface area contributed by atoms with Crippen molar-refractivity contribution in [3.05, 3.63) is 61.5 Å². The van der Waals surface area contributed by atoms with Crippen LogP contribution in [0.1, 0.15) is 49.4 Å². The molecule has 1 aliphatic carbocycles. The zero-order chi connectivity index (χ0) is 21.3. The van der Waals surface area contributed by atoms with Crippen molar-refractivity contribution in [1.82, 2.24) is 18.7 Å². The molecular formula is C22H27ClN4O3. The summed E-state index contributed by atoms with van der Waals surface area (Å²) in [4.78, 5) is 31.1. The number of nitrogens with zero attached hydrogens (tertiary/aromatic N) is 4. The molecule has 0 N–H and O–H groups in total. The summed E-state index contributed by atoms with van der Waals surface area (Å²) >= 11 is 6.05. The van der Waals surface area contributed by atoms with Gasteiger partial charge in [0.2, 0.25) is 0 Å². The molecule has 160 valence electrons. The van der Waals surface area contributed by atoms with E-state index in [1.807, 2.05) is 28.8 Å². The number of rotatable bonds is 7. The predicted octanol–water partition coefficient (Wildman–Crippen LogP) is 3.29. The summed E-state index contributed by atoms with van der Waals surface area (Å²) in [6.07, 6.45) is 5.03. The Labute approximate surface area is 179 Å². The van der Waals surface area contributed by atoms with Crippen LogP contribution in [-0.2, 0) is 24.9 Å². The number of hydrogen-bond donors (Lipinski definition) is 0. The van der Waals surface area contributed by atoms with E-state index < -0.39 is 0 Å². The highest BCUT2D eigenvalue weighted by Crippen LogP contribution is 2.35. The van der Waals surface area contributed by atoms with E-state index in [-0.39, 0.29) is 11.2 Å². The van der Waals surface area contributed by atoms with Crippen molar-refractivity contribution < 1.29 is 4.74 Å². The Hall–Kier alpha value is -2.38. The molecule has 1 saturated carbocycles. The lowest BCUT2D eigenvalue weighted by Gasteiger charge is -2.14. The zero-order valence-corrected chi connectivity index (χ0v) is 18.2. The van der Waals surface area contributed by atoms with Crippen LogP contribution in [0.2, 0.25) is 5.02 Å². The molecule has 0 spiro atoms. The lowest BCUT2D eigenvalue weighted by Crippen LogP contribution is -2.40. The number of imidazole rings is 1. The summed E-state index contributed by atoms with van der Waals surface area (Å²) in [5.41, 5.74) is 1.37. The van der Waals surface area contributed by atoms with Crippen LogP contribution in [0, 0.1) is 0 Å². The number of hydrogen-bond acceptors (Lipinski definition) is 4. The standard InChI is InChI=1S/C22H27ClN4O3/c1-25-20-18(21(28)26(22(25)29)12-5-13-30-2)27(14-15-8-10-17(23)11-9-15)19(24-20)16-6-3-4-7-16/h8-11,16H,3-7,12-14H2,1-2H3. The smallest absolute Gasteiger partial charge is 0.332 e. The van der Waals surface area contributed by atoms with Gasteiger partial charge in [0.1, 0.15) is 5.82 Å². The molecular weight excluding hydrogens is 404 g/mol. The summed E-state index contributed by atoms with van der Waals surface area (Å²) in [7, 11) is 3.30. The fraction of sp³-hybridized carbons (Fsp3) is 0.500. The number of methoxy groups -OCH3 is 1. The Morgan fingerprint density at radius 1 is 1.13 bits per heavy atom. The molecule has 2 aromatic heterocycles. The van der Waals surface area contributed by atoms with Gasteiger partial charge in [-0.05, 0) is 37.0 Å². The first-order valence-corrected chi connectivity index (χ1v) is 10.8. The van der Waals surface area contributed by atoms with Crippen molar-refractivity contribution >= 4 is 22.8 Å². The minimum absolute atomic E-state index is 0.282. The van der Waals surface area contributed by atoms with Crippen molar-refractivity contribution in [2.24, 2.45) is 7.05 Å². The molecule has 1 aliphatic rings. The van der Waals surface area contributed by atoms with E-state index in [2.05, 4.69) is 0 Å². The Kier molecular flexibility index (Phi) is 6.11. The Balaban J connectivity index is 1.90. The van der Waals surface area contributed by atoms with Crippen LogP contribution < -0.4 is 11.2 Å². The fourth-order valence-corrected chi connectivity index (χ4v) is 4.51. The first-order chi connectivity index (χ1) is 14.5. The van der Waals surface area contributed by atoms with Crippen molar-refractivity contribution in [3.63, 3.8) is 0 Å². The van der Waals surface area contributed by atoms with E-state index >= 15 is 0 Å². The highest BCUT2D eigenvalue weighted by atomic mass is 35.5. The van der Waals surface area contributed by atoms with E-state index in [0.717, 1.165) is 37.1 Å². The Bertz CT molecular complexity index is 1150. The van der Waals surface area contributed by atoms with Crippen LogP contribution in [0.4, 0.5) is 0 Å². The molecule has 7 nitrogen and oxygen atoms in total. The average molecular weight is 431 g/mol. The first-order valence-electron chi connectivity index (χ1n) is 10.4. The molecule has 0 bridgehead atoms. The van der Waals surface area contributed by atoms with Gasteiger partial charge in [0.05, 0.1) is 0 Å². The largest absolute Gasteiger partial charge is 0.385 e. The van der Waals surface area contributed by atoms with E-state index in [9.17, 15) is 9.59 Å². The number of aromatic nitrogens is 4. The second-order valence-electron chi connectivity index (χ2n) is 7.98. The Morgan fingerprint density at radius 2 is 1.83 bits per heavy atom. The number of ether oxygens (including phenoxy) is 1. The molecule has 0 saturated heterocycles. The maximum Gasteiger partial charge on any atom is 0.332 e. The molecule has 0 amide bonds. The second kappa shape index (κ2) is 8.78. The average Bonchev–Trinajstić information content (AvgIpc) is 3.39. The Morgan fingerprint density at radius 3 is 2.50 bits per heavy atom.